The lowest BCUT2D eigenvalue weighted by atomic mass is 10.2. The fourth-order valence-corrected chi connectivity index (χ4v) is 2.51. The van der Waals surface area contributed by atoms with Crippen LogP contribution in [0.2, 0.25) is 0 Å². The Morgan fingerprint density at radius 1 is 1.28 bits per heavy atom. The average Bonchev–Trinajstić information content (AvgIpc) is 3.18. The maximum Gasteiger partial charge on any atom is 0.180 e. The third kappa shape index (κ3) is 2.19. The van der Waals surface area contributed by atoms with Gasteiger partial charge in [0.1, 0.15) is 11.5 Å². The van der Waals surface area contributed by atoms with Gasteiger partial charge in [0.15, 0.2) is 5.82 Å². The van der Waals surface area contributed by atoms with Gasteiger partial charge < -0.3 is 5.73 Å². The van der Waals surface area contributed by atoms with Crippen LogP contribution in [0.15, 0.2) is 18.3 Å². The van der Waals surface area contributed by atoms with Crippen LogP contribution < -0.4 is 5.73 Å². The van der Waals surface area contributed by atoms with Crippen molar-refractivity contribution < 1.29 is 0 Å². The van der Waals surface area contributed by atoms with E-state index < -0.39 is 0 Å². The Labute approximate surface area is 119 Å². The molecule has 1 saturated carbocycles. The highest BCUT2D eigenvalue weighted by Gasteiger charge is 2.29. The molecule has 2 aromatic heterocycles. The lowest BCUT2D eigenvalue weighted by molar-refractivity contribution is 0.976. The molecule has 0 spiro atoms. The Hall–Kier alpha value is -1.24. The highest BCUT2D eigenvalue weighted by molar-refractivity contribution is 14.1. The van der Waals surface area contributed by atoms with Crippen LogP contribution >= 0.6 is 22.6 Å². The van der Waals surface area contributed by atoms with Gasteiger partial charge in [0.2, 0.25) is 0 Å². The van der Waals surface area contributed by atoms with Gasteiger partial charge in [-0.3, -0.25) is 4.98 Å². The van der Waals surface area contributed by atoms with Crippen LogP contribution in [0, 0.1) is 10.5 Å². The van der Waals surface area contributed by atoms with Gasteiger partial charge in [0, 0.05) is 12.1 Å². The maximum atomic E-state index is 5.97. The first-order chi connectivity index (χ1) is 8.65. The Bertz CT molecular complexity index is 591. The number of hydrogen-bond acceptors (Lipinski definition) is 4. The number of nitrogens with two attached hydrogens (primary N) is 1. The molecular weight excluding hydrogens is 339 g/mol. The average molecular weight is 352 g/mol. The number of aryl methyl sites for hydroxylation is 1. The second kappa shape index (κ2) is 4.46. The minimum atomic E-state index is 0.560. The summed E-state index contributed by atoms with van der Waals surface area (Å²) in [7, 11) is 0. The maximum absolute atomic E-state index is 5.97. The van der Waals surface area contributed by atoms with Gasteiger partial charge in [-0.25, -0.2) is 9.97 Å². The molecule has 0 aromatic carbocycles. The summed E-state index contributed by atoms with van der Waals surface area (Å²) in [6.07, 6.45) is 4.23. The molecule has 2 heterocycles. The van der Waals surface area contributed by atoms with E-state index in [-0.39, 0.29) is 0 Å². The van der Waals surface area contributed by atoms with E-state index in [4.69, 9.17) is 5.73 Å². The zero-order chi connectivity index (χ0) is 12.7. The number of anilines is 1. The lowest BCUT2D eigenvalue weighted by Crippen LogP contribution is -2.04. The van der Waals surface area contributed by atoms with Crippen LogP contribution in [0.5, 0.6) is 0 Å². The van der Waals surface area contributed by atoms with Crippen molar-refractivity contribution in [2.75, 3.05) is 5.73 Å². The van der Waals surface area contributed by atoms with Gasteiger partial charge in [-0.2, -0.15) is 0 Å². The first-order valence-corrected chi connectivity index (χ1v) is 6.99. The van der Waals surface area contributed by atoms with Crippen molar-refractivity contribution in [2.45, 2.75) is 25.7 Å². The summed E-state index contributed by atoms with van der Waals surface area (Å²) in [5.74, 6) is 1.76. The van der Waals surface area contributed by atoms with Crippen molar-refractivity contribution in [3.05, 3.63) is 33.2 Å². The van der Waals surface area contributed by atoms with E-state index >= 15 is 0 Å². The molecule has 0 bridgehead atoms. The van der Waals surface area contributed by atoms with Crippen LogP contribution in [0.1, 0.15) is 30.0 Å². The van der Waals surface area contributed by atoms with Crippen molar-refractivity contribution in [1.29, 1.82) is 0 Å². The van der Waals surface area contributed by atoms with Gasteiger partial charge in [-0.05, 0) is 54.0 Å². The van der Waals surface area contributed by atoms with Crippen LogP contribution in [0.4, 0.5) is 5.82 Å². The summed E-state index contributed by atoms with van der Waals surface area (Å²) in [6, 6.07) is 3.95. The number of aromatic nitrogens is 3. The Balaban J connectivity index is 2.09. The SMILES string of the molecule is Cc1ccc(-c2nc(N)c(I)c(C3CC3)n2)nc1. The summed E-state index contributed by atoms with van der Waals surface area (Å²) in [5.41, 5.74) is 8.96. The molecule has 2 aromatic rings. The third-order valence-corrected chi connectivity index (χ3v) is 4.11. The first-order valence-electron chi connectivity index (χ1n) is 5.91. The topological polar surface area (TPSA) is 64.7 Å². The molecule has 0 atom stereocenters. The number of rotatable bonds is 2. The Morgan fingerprint density at radius 3 is 2.67 bits per heavy atom. The number of hydrogen-bond donors (Lipinski definition) is 1. The lowest BCUT2D eigenvalue weighted by Gasteiger charge is -2.07. The fourth-order valence-electron chi connectivity index (χ4n) is 1.82. The molecule has 0 amide bonds. The molecule has 1 aliphatic carbocycles. The van der Waals surface area contributed by atoms with Crippen molar-refractivity contribution >= 4 is 28.4 Å². The largest absolute Gasteiger partial charge is 0.383 e. The normalized spacial score (nSPS) is 14.8. The third-order valence-electron chi connectivity index (χ3n) is 3.01. The van der Waals surface area contributed by atoms with Crippen molar-refractivity contribution in [3.8, 4) is 11.5 Å². The molecule has 2 N–H and O–H groups in total. The molecule has 18 heavy (non-hydrogen) atoms. The highest BCUT2D eigenvalue weighted by Crippen LogP contribution is 2.42. The first kappa shape index (κ1) is 11.8. The molecular formula is C13H13IN4. The fraction of sp³-hybridized carbons (Fsp3) is 0.308. The molecule has 1 aliphatic rings. The van der Waals surface area contributed by atoms with Crippen molar-refractivity contribution in [3.63, 3.8) is 0 Å². The molecule has 0 aliphatic heterocycles. The second-order valence-electron chi connectivity index (χ2n) is 4.63. The minimum absolute atomic E-state index is 0.560. The predicted molar refractivity (Wildman–Crippen MR) is 79.1 cm³/mol. The van der Waals surface area contributed by atoms with Crippen LogP contribution in [0.25, 0.3) is 11.5 Å². The van der Waals surface area contributed by atoms with Gasteiger partial charge in [-0.15, -0.1) is 0 Å². The molecule has 0 unspecified atom stereocenters. The van der Waals surface area contributed by atoms with Gasteiger partial charge in [0.05, 0.1) is 9.26 Å². The van der Waals surface area contributed by atoms with E-state index in [2.05, 4.69) is 37.5 Å². The quantitative estimate of drug-likeness (QED) is 0.845. The summed E-state index contributed by atoms with van der Waals surface area (Å²) >= 11 is 2.23. The molecule has 4 nitrogen and oxygen atoms in total. The molecule has 0 radical (unpaired) electrons. The van der Waals surface area contributed by atoms with E-state index in [1.165, 1.54) is 12.8 Å². The molecule has 5 heteroatoms. The van der Waals surface area contributed by atoms with E-state index in [1.807, 2.05) is 25.3 Å². The summed E-state index contributed by atoms with van der Waals surface area (Å²) in [5, 5.41) is 0. The van der Waals surface area contributed by atoms with Gasteiger partial charge in [-0.1, -0.05) is 6.07 Å². The van der Waals surface area contributed by atoms with E-state index in [0.717, 1.165) is 20.5 Å². The van der Waals surface area contributed by atoms with Crippen LogP contribution in [-0.4, -0.2) is 15.0 Å². The van der Waals surface area contributed by atoms with Crippen molar-refractivity contribution in [1.82, 2.24) is 15.0 Å². The van der Waals surface area contributed by atoms with E-state index in [1.54, 1.807) is 0 Å². The summed E-state index contributed by atoms with van der Waals surface area (Å²) in [4.78, 5) is 13.3. The standard InChI is InChI=1S/C13H13IN4/c1-7-2-5-9(16-6-7)13-17-11(8-3-4-8)10(14)12(15)18-13/h2,5-6,8H,3-4H2,1H3,(H2,15,17,18). The predicted octanol–water partition coefficient (Wildman–Crippen LogP) is 2.91. The smallest absolute Gasteiger partial charge is 0.180 e. The van der Waals surface area contributed by atoms with Gasteiger partial charge in [0.25, 0.3) is 0 Å². The molecule has 92 valence electrons. The van der Waals surface area contributed by atoms with E-state index in [0.29, 0.717) is 17.6 Å². The zero-order valence-corrected chi connectivity index (χ0v) is 12.2. The zero-order valence-electron chi connectivity index (χ0n) is 10.0. The monoisotopic (exact) mass is 352 g/mol. The van der Waals surface area contributed by atoms with Crippen LogP contribution in [0.3, 0.4) is 0 Å². The molecule has 3 rings (SSSR count). The Morgan fingerprint density at radius 2 is 2.06 bits per heavy atom. The van der Waals surface area contributed by atoms with Crippen molar-refractivity contribution in [2.24, 2.45) is 0 Å². The summed E-state index contributed by atoms with van der Waals surface area (Å²) in [6.45, 7) is 2.01. The highest BCUT2D eigenvalue weighted by atomic mass is 127. The molecule has 0 saturated heterocycles. The number of halogens is 1. The van der Waals surface area contributed by atoms with E-state index in [9.17, 15) is 0 Å². The Kier molecular flexibility index (Phi) is 2.93. The minimum Gasteiger partial charge on any atom is -0.383 e. The van der Waals surface area contributed by atoms with Crippen LogP contribution in [-0.2, 0) is 0 Å². The van der Waals surface area contributed by atoms with Gasteiger partial charge >= 0.3 is 0 Å². The number of nitrogen functional groups attached to an aromatic ring is 1. The number of nitrogens with zero attached hydrogens (tertiary/aromatic N) is 3. The number of pyridine rings is 1. The second-order valence-corrected chi connectivity index (χ2v) is 5.71. The molecule has 1 fully saturated rings. The summed E-state index contributed by atoms with van der Waals surface area (Å²) < 4.78 is 0.992.